The average Bonchev–Trinajstić information content (AvgIpc) is 3.13. The van der Waals surface area contributed by atoms with E-state index in [-0.39, 0.29) is 0 Å². The Labute approximate surface area is 137 Å². The average molecular weight is 338 g/mol. The highest BCUT2D eigenvalue weighted by Gasteiger charge is 2.22. The molecule has 0 radical (unpaired) electrons. The number of rotatable bonds is 7. The lowest BCUT2D eigenvalue weighted by Crippen LogP contribution is -2.22. The second kappa shape index (κ2) is 6.22. The summed E-state index contributed by atoms with van der Waals surface area (Å²) in [6.07, 6.45) is 4.50. The van der Waals surface area contributed by atoms with Gasteiger partial charge in [0, 0.05) is 38.0 Å². The number of anilines is 1. The molecule has 120 valence electrons. The third-order valence-corrected chi connectivity index (χ3v) is 5.76. The van der Waals surface area contributed by atoms with Gasteiger partial charge in [-0.25, -0.2) is 4.98 Å². The van der Waals surface area contributed by atoms with Crippen molar-refractivity contribution in [1.82, 2.24) is 9.55 Å². The minimum atomic E-state index is -1.04. The van der Waals surface area contributed by atoms with Crippen molar-refractivity contribution in [2.45, 2.75) is 51.3 Å². The largest absolute Gasteiger partial charge is 0.382 e. The van der Waals surface area contributed by atoms with Crippen molar-refractivity contribution in [3.63, 3.8) is 0 Å². The van der Waals surface area contributed by atoms with E-state index in [0.717, 1.165) is 23.3 Å². The highest BCUT2D eigenvalue weighted by molar-refractivity contribution is 6.76. The Morgan fingerprint density at radius 2 is 2.18 bits per heavy atom. The van der Waals surface area contributed by atoms with Gasteiger partial charge >= 0.3 is 0 Å². The molecule has 2 aromatic heterocycles. The fourth-order valence-electron chi connectivity index (χ4n) is 2.34. The van der Waals surface area contributed by atoms with Gasteiger partial charge in [-0.3, -0.25) is 0 Å². The van der Waals surface area contributed by atoms with Crippen molar-refractivity contribution in [3.05, 3.63) is 23.5 Å². The number of pyridine rings is 1. The molecule has 4 nitrogen and oxygen atoms in total. The van der Waals surface area contributed by atoms with Crippen molar-refractivity contribution in [1.29, 1.82) is 0 Å². The second-order valence-corrected chi connectivity index (χ2v) is 13.3. The highest BCUT2D eigenvalue weighted by Crippen LogP contribution is 2.31. The maximum absolute atomic E-state index is 6.18. The van der Waals surface area contributed by atoms with E-state index in [4.69, 9.17) is 16.3 Å². The zero-order valence-electron chi connectivity index (χ0n) is 13.5. The lowest BCUT2D eigenvalue weighted by atomic mass is 10.3. The van der Waals surface area contributed by atoms with E-state index in [2.05, 4.69) is 36.0 Å². The maximum Gasteiger partial charge on any atom is 0.145 e. The van der Waals surface area contributed by atoms with Crippen LogP contribution in [0.15, 0.2) is 18.3 Å². The van der Waals surface area contributed by atoms with E-state index in [1.54, 1.807) is 0 Å². The minimum absolute atomic E-state index is 0.526. The van der Waals surface area contributed by atoms with Crippen molar-refractivity contribution in [2.24, 2.45) is 0 Å². The molecule has 22 heavy (non-hydrogen) atoms. The van der Waals surface area contributed by atoms with E-state index in [1.807, 2.05) is 16.8 Å². The first kappa shape index (κ1) is 15.8. The number of ether oxygens (including phenoxy) is 1. The highest BCUT2D eigenvalue weighted by atomic mass is 35.5. The zero-order chi connectivity index (χ0) is 15.7. The van der Waals surface area contributed by atoms with Crippen LogP contribution in [0.4, 0.5) is 5.69 Å². The molecule has 0 bridgehead atoms. The van der Waals surface area contributed by atoms with Crippen LogP contribution in [0.5, 0.6) is 0 Å². The van der Waals surface area contributed by atoms with E-state index in [1.165, 1.54) is 18.9 Å². The van der Waals surface area contributed by atoms with Crippen LogP contribution >= 0.6 is 11.6 Å². The second-order valence-electron chi connectivity index (χ2n) is 7.28. The summed E-state index contributed by atoms with van der Waals surface area (Å²) in [5, 5.41) is 5.17. The van der Waals surface area contributed by atoms with E-state index < -0.39 is 8.07 Å². The van der Waals surface area contributed by atoms with Crippen LogP contribution in [-0.2, 0) is 11.5 Å². The van der Waals surface area contributed by atoms with E-state index in [0.29, 0.717) is 17.9 Å². The molecule has 1 saturated carbocycles. The number of hydrogen-bond acceptors (Lipinski definition) is 3. The number of nitrogens with one attached hydrogen (secondary N) is 1. The van der Waals surface area contributed by atoms with Gasteiger partial charge in [-0.15, -0.1) is 0 Å². The monoisotopic (exact) mass is 337 g/mol. The van der Waals surface area contributed by atoms with Gasteiger partial charge < -0.3 is 14.6 Å². The van der Waals surface area contributed by atoms with Crippen LogP contribution < -0.4 is 5.32 Å². The van der Waals surface area contributed by atoms with Gasteiger partial charge in [-0.2, -0.15) is 0 Å². The molecule has 0 aliphatic heterocycles. The summed E-state index contributed by atoms with van der Waals surface area (Å²) in [6, 6.07) is 5.77. The molecular formula is C16H24ClN3OSi. The summed E-state index contributed by atoms with van der Waals surface area (Å²) in [5.74, 6) is 0. The van der Waals surface area contributed by atoms with E-state index >= 15 is 0 Å². The van der Waals surface area contributed by atoms with Gasteiger partial charge in [0.05, 0.1) is 0 Å². The molecule has 0 unspecified atom stereocenters. The summed E-state index contributed by atoms with van der Waals surface area (Å²) in [7, 11) is -1.04. The summed E-state index contributed by atoms with van der Waals surface area (Å²) in [6.45, 7) is 8.42. The first-order valence-electron chi connectivity index (χ1n) is 7.92. The predicted octanol–water partition coefficient (Wildman–Crippen LogP) is 4.58. The molecule has 1 fully saturated rings. The molecule has 2 aromatic rings. The molecule has 0 saturated heterocycles. The Balaban J connectivity index is 1.72. The van der Waals surface area contributed by atoms with Gasteiger partial charge in [0.1, 0.15) is 17.5 Å². The molecule has 0 atom stereocenters. The molecule has 0 aromatic carbocycles. The molecule has 0 amide bonds. The summed E-state index contributed by atoms with van der Waals surface area (Å²) >= 11 is 6.18. The standard InChI is InChI=1S/C16H24ClN3OSi/c1-22(2,3)9-8-21-11-20-7-6-13-14(18-12-4-5-12)10-15(17)19-16(13)20/h6-7,10,12H,4-5,8-9,11H2,1-3H3,(H,18,19). The first-order valence-corrected chi connectivity index (χ1v) is 12.0. The van der Waals surface area contributed by atoms with Crippen molar-refractivity contribution < 1.29 is 4.74 Å². The molecule has 6 heteroatoms. The zero-order valence-corrected chi connectivity index (χ0v) is 15.3. The lowest BCUT2D eigenvalue weighted by molar-refractivity contribution is 0.0899. The Hall–Kier alpha value is -1.04. The van der Waals surface area contributed by atoms with Crippen LogP contribution in [0, 0.1) is 0 Å². The van der Waals surface area contributed by atoms with Gasteiger partial charge in [-0.1, -0.05) is 31.2 Å². The van der Waals surface area contributed by atoms with Crippen LogP contribution in [0.3, 0.4) is 0 Å². The smallest absolute Gasteiger partial charge is 0.145 e. The molecule has 0 spiro atoms. The van der Waals surface area contributed by atoms with Crippen LogP contribution in [0.25, 0.3) is 11.0 Å². The van der Waals surface area contributed by atoms with Gasteiger partial charge in [0.2, 0.25) is 0 Å². The normalized spacial score (nSPS) is 15.5. The number of hydrogen-bond donors (Lipinski definition) is 1. The number of halogens is 1. The van der Waals surface area contributed by atoms with Crippen molar-refractivity contribution in [3.8, 4) is 0 Å². The summed E-state index contributed by atoms with van der Waals surface area (Å²) < 4.78 is 7.86. The Morgan fingerprint density at radius 3 is 2.86 bits per heavy atom. The van der Waals surface area contributed by atoms with Crippen molar-refractivity contribution >= 4 is 36.4 Å². The summed E-state index contributed by atoms with van der Waals surface area (Å²) in [4.78, 5) is 4.47. The number of fused-ring (bicyclic) bond motifs is 1. The molecule has 3 rings (SSSR count). The fourth-order valence-corrected chi connectivity index (χ4v) is 3.29. The number of nitrogens with zero attached hydrogens (tertiary/aromatic N) is 2. The number of aromatic nitrogens is 2. The predicted molar refractivity (Wildman–Crippen MR) is 95.5 cm³/mol. The van der Waals surface area contributed by atoms with Crippen molar-refractivity contribution in [2.75, 3.05) is 11.9 Å². The summed E-state index contributed by atoms with van der Waals surface area (Å²) in [5.41, 5.74) is 1.97. The lowest BCUT2D eigenvalue weighted by Gasteiger charge is -2.15. The van der Waals surface area contributed by atoms with Crippen LogP contribution in [0.2, 0.25) is 30.8 Å². The minimum Gasteiger partial charge on any atom is -0.382 e. The third-order valence-electron chi connectivity index (χ3n) is 3.86. The third kappa shape index (κ3) is 4.03. The maximum atomic E-state index is 6.18. The van der Waals surface area contributed by atoms with Gasteiger partial charge in [-0.05, 0) is 31.0 Å². The Morgan fingerprint density at radius 1 is 1.41 bits per heavy atom. The fraction of sp³-hybridized carbons (Fsp3) is 0.562. The van der Waals surface area contributed by atoms with Crippen LogP contribution in [0.1, 0.15) is 12.8 Å². The van der Waals surface area contributed by atoms with Gasteiger partial charge in [0.15, 0.2) is 0 Å². The topological polar surface area (TPSA) is 39.1 Å². The van der Waals surface area contributed by atoms with Crippen LogP contribution in [-0.4, -0.2) is 30.3 Å². The van der Waals surface area contributed by atoms with E-state index in [9.17, 15) is 0 Å². The Bertz CT molecular complexity index is 661. The molecular weight excluding hydrogens is 314 g/mol. The quantitative estimate of drug-likeness (QED) is 0.456. The molecule has 2 heterocycles. The Kier molecular flexibility index (Phi) is 4.48. The first-order chi connectivity index (χ1) is 10.4. The molecule has 1 aliphatic carbocycles. The molecule has 1 N–H and O–H groups in total. The SMILES string of the molecule is C[Si](C)(C)CCOCn1ccc2c(NC3CC3)cc(Cl)nc21. The molecule has 1 aliphatic rings. The van der Waals surface area contributed by atoms with Gasteiger partial charge in [0.25, 0.3) is 0 Å².